The van der Waals surface area contributed by atoms with Crippen molar-refractivity contribution >= 4 is 22.2 Å². The molecule has 0 aliphatic heterocycles. The summed E-state index contributed by atoms with van der Waals surface area (Å²) in [7, 11) is -4.43. The molecule has 1 aromatic rings. The van der Waals surface area contributed by atoms with Crippen molar-refractivity contribution in [2.45, 2.75) is 10.9 Å². The van der Waals surface area contributed by atoms with E-state index in [1.165, 1.54) is 12.1 Å². The summed E-state index contributed by atoms with van der Waals surface area (Å²) in [6, 6.07) is 2.95. The number of hydrogen-bond acceptors (Lipinski definition) is 5. The van der Waals surface area contributed by atoms with E-state index in [-0.39, 0.29) is 15.7 Å². The number of carbonyl (C=O) groups is 2. The third kappa shape index (κ3) is 2.97. The maximum atomic E-state index is 11.9. The van der Waals surface area contributed by atoms with Crippen molar-refractivity contribution in [2.24, 2.45) is 5.73 Å². The lowest BCUT2D eigenvalue weighted by Gasteiger charge is -2.18. The Hall–Kier alpha value is -2.21. The molecular formula is C11H10N2O5S. The molecule has 7 nitrogen and oxygen atoms in total. The molecule has 0 fully saturated rings. The van der Waals surface area contributed by atoms with Gasteiger partial charge in [0.2, 0.25) is 5.91 Å². The molecule has 1 amide bonds. The second kappa shape index (κ2) is 5.62. The number of nitrogens with two attached hydrogens (primary N) is 1. The smallest absolute Gasteiger partial charge is 0.265 e. The summed E-state index contributed by atoms with van der Waals surface area (Å²) in [5.41, 5.74) is 5.24. The molecule has 0 saturated carbocycles. The lowest BCUT2D eigenvalue weighted by Crippen LogP contribution is -2.47. The number of benzene rings is 1. The van der Waals surface area contributed by atoms with Crippen LogP contribution in [0.1, 0.15) is 5.56 Å². The fourth-order valence-corrected chi connectivity index (χ4v) is 2.36. The van der Waals surface area contributed by atoms with Gasteiger partial charge in [0.05, 0.1) is 4.90 Å². The van der Waals surface area contributed by atoms with E-state index < -0.39 is 22.0 Å². The molecule has 0 unspecified atom stereocenters. The first-order valence-electron chi connectivity index (χ1n) is 4.89. The van der Waals surface area contributed by atoms with Crippen LogP contribution in [-0.4, -0.2) is 36.3 Å². The highest BCUT2D eigenvalue weighted by atomic mass is 32.2. The molecule has 1 aromatic carbocycles. The van der Waals surface area contributed by atoms with Crippen LogP contribution in [0.3, 0.4) is 0 Å². The number of terminal acetylenes is 1. The minimum atomic E-state index is -4.43. The minimum Gasteiger partial charge on any atom is -0.368 e. The number of hydrogen-bond donors (Lipinski definition) is 2. The third-order valence-electron chi connectivity index (χ3n) is 2.22. The van der Waals surface area contributed by atoms with Gasteiger partial charge in [-0.2, -0.15) is 0 Å². The quantitative estimate of drug-likeness (QED) is 0.314. The number of rotatable bonds is 5. The fourth-order valence-electron chi connectivity index (χ4n) is 1.21. The molecule has 0 aliphatic rings. The number of carbonyl (C=O) groups excluding carboxylic acids is 2. The van der Waals surface area contributed by atoms with Crippen LogP contribution < -0.4 is 5.73 Å². The lowest BCUT2D eigenvalue weighted by atomic mass is 10.2. The summed E-state index contributed by atoms with van der Waals surface area (Å²) in [5, 5.41) is 9.46. The average molecular weight is 282 g/mol. The zero-order valence-electron chi connectivity index (χ0n) is 9.55. The summed E-state index contributed by atoms with van der Waals surface area (Å²) >= 11 is 0. The number of aldehydes is 1. The standard InChI is InChI=1S/C11H10N2O5S/c1-2-8-3-5-9(6-4-8)19(17,18)13(16)10(7-14)11(12)15/h1,3-7,10,16H,(H2,12,15)/t10-/m0/s1. The van der Waals surface area contributed by atoms with E-state index >= 15 is 0 Å². The first-order valence-corrected chi connectivity index (χ1v) is 6.33. The van der Waals surface area contributed by atoms with Crippen LogP contribution >= 0.6 is 0 Å². The monoisotopic (exact) mass is 282 g/mol. The fraction of sp³-hybridized carbons (Fsp3) is 0.0909. The van der Waals surface area contributed by atoms with Gasteiger partial charge in [0.15, 0.2) is 6.04 Å². The molecule has 1 rings (SSSR count). The van der Waals surface area contributed by atoms with Gasteiger partial charge in [-0.05, 0) is 24.3 Å². The van der Waals surface area contributed by atoms with Gasteiger partial charge in [-0.1, -0.05) is 10.4 Å². The van der Waals surface area contributed by atoms with E-state index in [4.69, 9.17) is 12.2 Å². The second-order valence-electron chi connectivity index (χ2n) is 3.43. The molecule has 1 atom stereocenters. The Bertz CT molecular complexity index is 630. The maximum absolute atomic E-state index is 11.9. The van der Waals surface area contributed by atoms with Gasteiger partial charge in [-0.15, -0.1) is 6.42 Å². The Balaban J connectivity index is 3.19. The van der Waals surface area contributed by atoms with Crippen LogP contribution in [0.5, 0.6) is 0 Å². The number of sulfonamides is 1. The topological polar surface area (TPSA) is 118 Å². The van der Waals surface area contributed by atoms with Crippen LogP contribution in [0.25, 0.3) is 0 Å². The van der Waals surface area contributed by atoms with Crippen molar-refractivity contribution in [1.29, 1.82) is 0 Å². The number of amides is 1. The zero-order valence-corrected chi connectivity index (χ0v) is 10.4. The Morgan fingerprint density at radius 2 is 1.95 bits per heavy atom. The first-order chi connectivity index (χ1) is 8.84. The Morgan fingerprint density at radius 1 is 1.42 bits per heavy atom. The molecule has 19 heavy (non-hydrogen) atoms. The normalized spacial score (nSPS) is 12.7. The van der Waals surface area contributed by atoms with Crippen molar-refractivity contribution < 1.29 is 23.2 Å². The highest BCUT2D eigenvalue weighted by molar-refractivity contribution is 7.89. The highest BCUT2D eigenvalue weighted by Gasteiger charge is 2.33. The predicted molar refractivity (Wildman–Crippen MR) is 64.2 cm³/mol. The van der Waals surface area contributed by atoms with Crippen molar-refractivity contribution in [1.82, 2.24) is 4.47 Å². The summed E-state index contributed by atoms with van der Waals surface area (Å²) in [5.74, 6) is 0.995. The molecule has 0 radical (unpaired) electrons. The molecule has 100 valence electrons. The van der Waals surface area contributed by atoms with Gasteiger partial charge >= 0.3 is 0 Å². The van der Waals surface area contributed by atoms with Gasteiger partial charge in [0.1, 0.15) is 6.29 Å². The molecule has 0 saturated heterocycles. The van der Waals surface area contributed by atoms with Gasteiger partial charge in [-0.3, -0.25) is 10.0 Å². The van der Waals surface area contributed by atoms with Crippen molar-refractivity contribution in [3.05, 3.63) is 29.8 Å². The molecule has 0 bridgehead atoms. The molecule has 3 N–H and O–H groups in total. The largest absolute Gasteiger partial charge is 0.368 e. The Kier molecular flexibility index (Phi) is 4.39. The van der Waals surface area contributed by atoms with Crippen LogP contribution in [0.4, 0.5) is 0 Å². The SMILES string of the molecule is C#Cc1ccc(S(=O)(=O)N(O)[C@@H](C=O)C(N)=O)cc1. The summed E-state index contributed by atoms with van der Waals surface area (Å²) in [6.07, 6.45) is 5.04. The molecule has 8 heteroatoms. The van der Waals surface area contributed by atoms with Crippen molar-refractivity contribution in [2.75, 3.05) is 0 Å². The molecule has 0 aliphatic carbocycles. The molecule has 0 spiro atoms. The Labute approximate surface area is 109 Å². The Morgan fingerprint density at radius 3 is 2.32 bits per heavy atom. The van der Waals surface area contributed by atoms with E-state index in [9.17, 15) is 23.2 Å². The molecule has 0 aromatic heterocycles. The van der Waals surface area contributed by atoms with Crippen molar-refractivity contribution in [3.63, 3.8) is 0 Å². The predicted octanol–water partition coefficient (Wildman–Crippen LogP) is -0.899. The van der Waals surface area contributed by atoms with Gasteiger partial charge in [-0.25, -0.2) is 8.42 Å². The summed E-state index contributed by atoms with van der Waals surface area (Å²) in [6.45, 7) is 0. The minimum absolute atomic E-state index is 0.0737. The molecule has 0 heterocycles. The summed E-state index contributed by atoms with van der Waals surface area (Å²) < 4.78 is 23.4. The first kappa shape index (κ1) is 14.8. The van der Waals surface area contributed by atoms with E-state index in [2.05, 4.69) is 5.92 Å². The van der Waals surface area contributed by atoms with Crippen LogP contribution in [0, 0.1) is 12.3 Å². The van der Waals surface area contributed by atoms with E-state index in [0.29, 0.717) is 5.56 Å². The van der Waals surface area contributed by atoms with Gasteiger partial charge < -0.3 is 10.5 Å². The molecular weight excluding hydrogens is 272 g/mol. The summed E-state index contributed by atoms with van der Waals surface area (Å²) in [4.78, 5) is 21.1. The second-order valence-corrected chi connectivity index (χ2v) is 5.23. The maximum Gasteiger partial charge on any atom is 0.265 e. The van der Waals surface area contributed by atoms with Crippen LogP contribution in [0.2, 0.25) is 0 Å². The highest BCUT2D eigenvalue weighted by Crippen LogP contribution is 2.16. The van der Waals surface area contributed by atoms with Crippen LogP contribution in [-0.2, 0) is 19.6 Å². The zero-order chi connectivity index (χ0) is 14.6. The van der Waals surface area contributed by atoms with E-state index in [1.54, 1.807) is 0 Å². The van der Waals surface area contributed by atoms with Gasteiger partial charge in [0.25, 0.3) is 10.0 Å². The third-order valence-corrected chi connectivity index (χ3v) is 3.81. The van der Waals surface area contributed by atoms with Crippen LogP contribution in [0.15, 0.2) is 29.2 Å². The van der Waals surface area contributed by atoms with E-state index in [0.717, 1.165) is 12.1 Å². The number of primary amides is 1. The van der Waals surface area contributed by atoms with Gasteiger partial charge in [0, 0.05) is 5.56 Å². The lowest BCUT2D eigenvalue weighted by molar-refractivity contribution is -0.137. The number of hydroxylamine groups is 1. The van der Waals surface area contributed by atoms with E-state index in [1.807, 2.05) is 0 Å². The van der Waals surface area contributed by atoms with Crippen molar-refractivity contribution in [3.8, 4) is 12.3 Å². The number of nitrogens with zero attached hydrogens (tertiary/aromatic N) is 1. The average Bonchev–Trinajstić information content (AvgIpc) is 2.39.